The topological polar surface area (TPSA) is 66.5 Å². The summed E-state index contributed by atoms with van der Waals surface area (Å²) in [5.41, 5.74) is 0.610. The third-order valence-electron chi connectivity index (χ3n) is 4.07. The van der Waals surface area contributed by atoms with Gasteiger partial charge in [-0.1, -0.05) is 6.92 Å². The number of sulfonamides is 1. The number of nitrogens with one attached hydrogen (secondary N) is 1. The Balaban J connectivity index is 1.92. The summed E-state index contributed by atoms with van der Waals surface area (Å²) in [6, 6.07) is 5.05. The lowest BCUT2D eigenvalue weighted by molar-refractivity contribution is -0.115. The number of nitrogens with zero attached hydrogens (tertiary/aromatic N) is 1. The van der Waals surface area contributed by atoms with E-state index in [0.717, 1.165) is 17.7 Å². The molecule has 0 bridgehead atoms. The number of carbonyl (C=O) groups is 1. The van der Waals surface area contributed by atoms with Crippen LogP contribution in [0.1, 0.15) is 26.2 Å². The number of thioether (sulfide) groups is 1. The molecule has 1 amide bonds. The largest absolute Gasteiger partial charge is 0.325 e. The highest BCUT2D eigenvalue weighted by Gasteiger charge is 2.29. The van der Waals surface area contributed by atoms with E-state index < -0.39 is 10.0 Å². The Hall–Kier alpha value is -1.05. The minimum atomic E-state index is -3.49. The number of fused-ring (bicyclic) bond motifs is 1. The van der Waals surface area contributed by atoms with E-state index in [1.54, 1.807) is 34.3 Å². The molecule has 0 spiro atoms. The maximum Gasteiger partial charge on any atom is 0.243 e. The molecular weight excluding hydrogens is 320 g/mol. The van der Waals surface area contributed by atoms with Crippen LogP contribution in [0.3, 0.4) is 0 Å². The molecule has 3 rings (SSSR count). The fourth-order valence-corrected chi connectivity index (χ4v) is 5.44. The molecule has 0 saturated carbocycles. The Morgan fingerprint density at radius 1 is 1.36 bits per heavy atom. The van der Waals surface area contributed by atoms with Crippen LogP contribution in [0.25, 0.3) is 0 Å². The third-order valence-corrected chi connectivity index (χ3v) is 7.01. The maximum atomic E-state index is 12.8. The molecule has 7 heteroatoms. The zero-order valence-electron chi connectivity index (χ0n) is 12.5. The summed E-state index contributed by atoms with van der Waals surface area (Å²) in [7, 11) is -3.49. The van der Waals surface area contributed by atoms with Crippen LogP contribution in [0.5, 0.6) is 0 Å². The van der Waals surface area contributed by atoms with Crippen LogP contribution in [0.15, 0.2) is 28.0 Å². The molecule has 2 heterocycles. The van der Waals surface area contributed by atoms with Gasteiger partial charge in [0.1, 0.15) is 0 Å². The van der Waals surface area contributed by atoms with Gasteiger partial charge < -0.3 is 5.32 Å². The van der Waals surface area contributed by atoms with Crippen molar-refractivity contribution in [2.45, 2.75) is 36.0 Å². The van der Waals surface area contributed by atoms with Gasteiger partial charge >= 0.3 is 0 Å². The van der Waals surface area contributed by atoms with Gasteiger partial charge in [0.05, 0.1) is 10.6 Å². The quantitative estimate of drug-likeness (QED) is 0.898. The lowest BCUT2D eigenvalue weighted by Gasteiger charge is -2.30. The first-order valence-corrected chi connectivity index (χ1v) is 9.96. The van der Waals surface area contributed by atoms with Crippen molar-refractivity contribution < 1.29 is 13.2 Å². The van der Waals surface area contributed by atoms with Crippen LogP contribution in [-0.2, 0) is 14.8 Å². The number of anilines is 1. The fraction of sp³-hybridized carbons (Fsp3) is 0.533. The molecule has 1 aromatic carbocycles. The highest BCUT2D eigenvalue weighted by molar-refractivity contribution is 7.99. The highest BCUT2D eigenvalue weighted by atomic mass is 32.2. The molecule has 0 unspecified atom stereocenters. The van der Waals surface area contributed by atoms with Crippen LogP contribution in [-0.4, -0.2) is 37.5 Å². The SMILES string of the molecule is C[C@@H]1CCCN(S(=O)(=O)c2ccc3c(c2)NC(=O)CCS3)C1. The summed E-state index contributed by atoms with van der Waals surface area (Å²) in [5.74, 6) is 1.04. The van der Waals surface area contributed by atoms with Crippen LogP contribution in [0.4, 0.5) is 5.69 Å². The molecule has 2 aliphatic rings. The number of rotatable bonds is 2. The Kier molecular flexibility index (Phi) is 4.47. The fourth-order valence-electron chi connectivity index (χ4n) is 2.87. The molecule has 5 nitrogen and oxygen atoms in total. The lowest BCUT2D eigenvalue weighted by atomic mass is 10.0. The van der Waals surface area contributed by atoms with Gasteiger partial charge in [-0.2, -0.15) is 4.31 Å². The Morgan fingerprint density at radius 3 is 2.95 bits per heavy atom. The van der Waals surface area contributed by atoms with E-state index in [9.17, 15) is 13.2 Å². The average molecular weight is 340 g/mol. The van der Waals surface area contributed by atoms with E-state index in [1.165, 1.54) is 0 Å². The molecule has 120 valence electrons. The molecule has 1 atom stereocenters. The standard InChI is InChI=1S/C15H20N2O3S2/c1-11-3-2-7-17(10-11)22(19,20)12-4-5-14-13(9-12)16-15(18)6-8-21-14/h4-5,9,11H,2-3,6-8,10H2,1H3,(H,16,18)/t11-/m1/s1. The van der Waals surface area contributed by atoms with Crippen LogP contribution < -0.4 is 5.32 Å². The summed E-state index contributed by atoms with van der Waals surface area (Å²) in [6.07, 6.45) is 2.42. The van der Waals surface area contributed by atoms with Crippen molar-refractivity contribution in [1.82, 2.24) is 4.31 Å². The molecule has 1 fully saturated rings. The van der Waals surface area contributed by atoms with Crippen molar-refractivity contribution in [3.8, 4) is 0 Å². The summed E-state index contributed by atoms with van der Waals surface area (Å²) in [4.78, 5) is 12.9. The molecule has 1 aromatic rings. The lowest BCUT2D eigenvalue weighted by Crippen LogP contribution is -2.39. The molecule has 2 aliphatic heterocycles. The number of amides is 1. The Labute approximate surface area is 135 Å². The van der Waals surface area contributed by atoms with Crippen molar-refractivity contribution in [1.29, 1.82) is 0 Å². The van der Waals surface area contributed by atoms with Crippen molar-refractivity contribution >= 4 is 33.4 Å². The Bertz CT molecular complexity index is 688. The second kappa shape index (κ2) is 6.22. The van der Waals surface area contributed by atoms with E-state index in [4.69, 9.17) is 0 Å². The summed E-state index contributed by atoms with van der Waals surface area (Å²) in [5, 5.41) is 2.80. The third kappa shape index (κ3) is 3.16. The van der Waals surface area contributed by atoms with Gasteiger partial charge in [0.2, 0.25) is 15.9 Å². The number of carbonyl (C=O) groups excluding carboxylic acids is 1. The molecular formula is C15H20N2O3S2. The predicted octanol–water partition coefficient (Wildman–Crippen LogP) is 2.54. The number of benzene rings is 1. The van der Waals surface area contributed by atoms with Crippen LogP contribution >= 0.6 is 11.8 Å². The van der Waals surface area contributed by atoms with Crippen molar-refractivity contribution in [3.63, 3.8) is 0 Å². The van der Waals surface area contributed by atoms with Gasteiger partial charge in [-0.05, 0) is 37.0 Å². The molecule has 1 N–H and O–H groups in total. The van der Waals surface area contributed by atoms with Crippen LogP contribution in [0, 0.1) is 5.92 Å². The van der Waals surface area contributed by atoms with Gasteiger partial charge in [-0.3, -0.25) is 4.79 Å². The second-order valence-electron chi connectivity index (χ2n) is 5.92. The monoisotopic (exact) mass is 340 g/mol. The summed E-state index contributed by atoms with van der Waals surface area (Å²) >= 11 is 1.58. The normalized spacial score (nSPS) is 23.5. The minimum Gasteiger partial charge on any atom is -0.325 e. The average Bonchev–Trinajstić information content (AvgIpc) is 2.67. The van der Waals surface area contributed by atoms with Gasteiger partial charge in [-0.25, -0.2) is 8.42 Å². The summed E-state index contributed by atoms with van der Waals surface area (Å²) < 4.78 is 27.1. The van der Waals surface area contributed by atoms with E-state index >= 15 is 0 Å². The first-order chi connectivity index (χ1) is 10.5. The maximum absolute atomic E-state index is 12.8. The Morgan fingerprint density at radius 2 is 2.18 bits per heavy atom. The van der Waals surface area contributed by atoms with E-state index in [0.29, 0.717) is 36.9 Å². The van der Waals surface area contributed by atoms with Crippen molar-refractivity contribution in [2.75, 3.05) is 24.2 Å². The first kappa shape index (κ1) is 15.8. The van der Waals surface area contributed by atoms with Gasteiger partial charge in [0.15, 0.2) is 0 Å². The number of hydrogen-bond donors (Lipinski definition) is 1. The number of piperidine rings is 1. The molecule has 1 saturated heterocycles. The second-order valence-corrected chi connectivity index (χ2v) is 8.99. The molecule has 0 aromatic heterocycles. The van der Waals surface area contributed by atoms with Crippen molar-refractivity contribution in [2.24, 2.45) is 5.92 Å². The smallest absolute Gasteiger partial charge is 0.243 e. The zero-order valence-corrected chi connectivity index (χ0v) is 14.2. The highest BCUT2D eigenvalue weighted by Crippen LogP contribution is 2.34. The van der Waals surface area contributed by atoms with Crippen molar-refractivity contribution in [3.05, 3.63) is 18.2 Å². The van der Waals surface area contributed by atoms with Gasteiger partial charge in [0, 0.05) is 30.2 Å². The van der Waals surface area contributed by atoms with E-state index in [1.807, 2.05) is 0 Å². The number of hydrogen-bond acceptors (Lipinski definition) is 4. The first-order valence-electron chi connectivity index (χ1n) is 7.53. The van der Waals surface area contributed by atoms with Gasteiger partial charge in [-0.15, -0.1) is 11.8 Å². The van der Waals surface area contributed by atoms with Crippen LogP contribution in [0.2, 0.25) is 0 Å². The van der Waals surface area contributed by atoms with E-state index in [-0.39, 0.29) is 10.8 Å². The molecule has 0 radical (unpaired) electrons. The van der Waals surface area contributed by atoms with E-state index in [2.05, 4.69) is 12.2 Å². The molecule has 22 heavy (non-hydrogen) atoms. The van der Waals surface area contributed by atoms with Gasteiger partial charge in [0.25, 0.3) is 0 Å². The molecule has 0 aliphatic carbocycles. The summed E-state index contributed by atoms with van der Waals surface area (Å²) in [6.45, 7) is 3.22. The minimum absolute atomic E-state index is 0.0626. The zero-order chi connectivity index (χ0) is 15.7. The predicted molar refractivity (Wildman–Crippen MR) is 87.6 cm³/mol.